The van der Waals surface area contributed by atoms with Crippen LogP contribution in [0.3, 0.4) is 0 Å². The number of aryl methyl sites for hydroxylation is 2. The van der Waals surface area contributed by atoms with E-state index in [-0.39, 0.29) is 0 Å². The van der Waals surface area contributed by atoms with Gasteiger partial charge in [0.05, 0.1) is 5.69 Å². The molecule has 0 bridgehead atoms. The molecule has 0 fully saturated rings. The van der Waals surface area contributed by atoms with Crippen molar-refractivity contribution in [3.05, 3.63) is 11.8 Å². The van der Waals surface area contributed by atoms with Crippen molar-refractivity contribution in [2.45, 2.75) is 11.9 Å². The van der Waals surface area contributed by atoms with Gasteiger partial charge in [0.2, 0.25) is 0 Å². The predicted octanol–water partition coefficient (Wildman–Crippen LogP) is 1.47. The maximum Gasteiger partial charge on any atom is 0.144 e. The average Bonchev–Trinajstić information content (AvgIpc) is 2.08. The fraction of sp³-hybridized carbons (Fsp3) is 0.500. The fourth-order valence-electron chi connectivity index (χ4n) is 0.949. The molecule has 1 aromatic rings. The Balaban J connectivity index is 3.13. The van der Waals surface area contributed by atoms with Gasteiger partial charge >= 0.3 is 0 Å². The predicted molar refractivity (Wildman–Crippen MR) is 45.0 cm³/mol. The third kappa shape index (κ3) is 1.74. The fourth-order valence-corrected chi connectivity index (χ4v) is 1.88. The number of rotatable bonds is 1. The summed E-state index contributed by atoms with van der Waals surface area (Å²) in [5.74, 6) is 0. The molecule has 0 aliphatic carbocycles. The minimum absolute atomic E-state index is 0.481. The Morgan fingerprint density at radius 3 is 2.27 bits per heavy atom. The molecule has 0 aromatic carbocycles. The molecule has 0 saturated carbocycles. The van der Waals surface area contributed by atoms with E-state index in [1.54, 1.807) is 13.1 Å². The lowest BCUT2D eigenvalue weighted by molar-refractivity contribution is 0.480. The van der Waals surface area contributed by atoms with Crippen LogP contribution in [0.5, 0.6) is 0 Å². The van der Waals surface area contributed by atoms with Gasteiger partial charge in [0, 0.05) is 19.4 Å². The van der Waals surface area contributed by atoms with Crippen molar-refractivity contribution < 1.29 is 9.11 Å². The molecule has 1 heterocycles. The van der Waals surface area contributed by atoms with Gasteiger partial charge in [0.25, 0.3) is 0 Å². The van der Waals surface area contributed by atoms with Crippen molar-refractivity contribution in [3.63, 3.8) is 0 Å². The highest BCUT2D eigenvalue weighted by atomic mass is 32.3. The topological polar surface area (TPSA) is 58.3 Å². The molecular weight excluding hydrogens is 164 g/mol. The molecule has 2 N–H and O–H groups in total. The van der Waals surface area contributed by atoms with E-state index < -0.39 is 10.6 Å². The van der Waals surface area contributed by atoms with E-state index >= 15 is 0 Å². The highest BCUT2D eigenvalue weighted by molar-refractivity contribution is 8.23. The van der Waals surface area contributed by atoms with Gasteiger partial charge in [-0.15, -0.1) is 0 Å². The third-order valence-electron chi connectivity index (χ3n) is 1.36. The van der Waals surface area contributed by atoms with Gasteiger partial charge in [-0.2, -0.15) is 15.7 Å². The maximum atomic E-state index is 9.26. The highest BCUT2D eigenvalue weighted by Crippen LogP contribution is 2.43. The number of aromatic nitrogens is 2. The second-order valence-corrected chi connectivity index (χ2v) is 4.67. The summed E-state index contributed by atoms with van der Waals surface area (Å²) in [6.45, 7) is 1.81. The summed E-state index contributed by atoms with van der Waals surface area (Å²) in [5.41, 5.74) is 0.796. The van der Waals surface area contributed by atoms with Crippen LogP contribution in [0.25, 0.3) is 0 Å². The first-order valence-corrected chi connectivity index (χ1v) is 5.10. The van der Waals surface area contributed by atoms with Crippen LogP contribution in [-0.2, 0) is 7.05 Å². The van der Waals surface area contributed by atoms with Gasteiger partial charge < -0.3 is 0 Å². The summed E-state index contributed by atoms with van der Waals surface area (Å²) in [4.78, 5) is 0. The summed E-state index contributed by atoms with van der Waals surface area (Å²) in [6.07, 6.45) is 1.39. The summed E-state index contributed by atoms with van der Waals surface area (Å²) in [6, 6.07) is 1.68. The van der Waals surface area contributed by atoms with Crippen LogP contribution in [0, 0.1) is 6.92 Å². The Morgan fingerprint density at radius 2 is 2.09 bits per heavy atom. The van der Waals surface area contributed by atoms with Gasteiger partial charge in [-0.1, -0.05) is 0 Å². The second-order valence-electron chi connectivity index (χ2n) is 2.58. The van der Waals surface area contributed by atoms with E-state index in [9.17, 15) is 9.11 Å². The number of hydrogen-bond donors (Lipinski definition) is 2. The average molecular weight is 176 g/mol. The van der Waals surface area contributed by atoms with Crippen molar-refractivity contribution in [1.29, 1.82) is 0 Å². The molecule has 0 radical (unpaired) electrons. The smallest absolute Gasteiger partial charge is 0.144 e. The zero-order valence-electron chi connectivity index (χ0n) is 6.77. The normalized spacial score (nSPS) is 13.5. The van der Waals surface area contributed by atoms with Crippen LogP contribution in [0.15, 0.2) is 11.1 Å². The van der Waals surface area contributed by atoms with Crippen LogP contribution in [-0.4, -0.2) is 25.1 Å². The van der Waals surface area contributed by atoms with E-state index in [4.69, 9.17) is 0 Å². The van der Waals surface area contributed by atoms with E-state index in [2.05, 4.69) is 5.10 Å². The molecule has 0 spiro atoms. The minimum Gasteiger partial charge on any atom is -0.294 e. The van der Waals surface area contributed by atoms with E-state index in [1.165, 1.54) is 10.9 Å². The first-order chi connectivity index (χ1) is 4.91. The SMILES string of the molecule is Cc1cc(S(C)(O)O)n(C)n1. The van der Waals surface area contributed by atoms with Crippen molar-refractivity contribution in [1.82, 2.24) is 9.78 Å². The molecule has 0 saturated heterocycles. The largest absolute Gasteiger partial charge is 0.294 e. The molecule has 0 aliphatic rings. The molecule has 0 amide bonds. The summed E-state index contributed by atoms with van der Waals surface area (Å²) in [5, 5.41) is 4.48. The first-order valence-electron chi connectivity index (χ1n) is 3.15. The minimum atomic E-state index is -2.61. The molecule has 0 unspecified atom stereocenters. The van der Waals surface area contributed by atoms with Gasteiger partial charge in [0.1, 0.15) is 5.03 Å². The molecule has 11 heavy (non-hydrogen) atoms. The molecule has 1 rings (SSSR count). The van der Waals surface area contributed by atoms with Crippen LogP contribution >= 0.6 is 10.6 Å². The Labute approximate surface area is 67.2 Å². The third-order valence-corrected chi connectivity index (χ3v) is 2.53. The zero-order valence-corrected chi connectivity index (χ0v) is 7.59. The maximum absolute atomic E-state index is 9.26. The summed E-state index contributed by atoms with van der Waals surface area (Å²) < 4.78 is 20.0. The Hall–Kier alpha value is -0.520. The molecule has 0 aliphatic heterocycles. The Kier molecular flexibility index (Phi) is 1.96. The van der Waals surface area contributed by atoms with Crippen molar-refractivity contribution >= 4 is 10.6 Å². The standard InChI is InChI=1S/C6H12N2O2S/c1-5-4-6(8(2)7-5)11(3,9)10/h4,9-10H,1-3H3. The summed E-state index contributed by atoms with van der Waals surface area (Å²) in [7, 11) is -0.918. The lowest BCUT2D eigenvalue weighted by atomic mass is 10.5. The second kappa shape index (κ2) is 2.51. The lowest BCUT2D eigenvalue weighted by Gasteiger charge is -2.25. The van der Waals surface area contributed by atoms with Gasteiger partial charge in [-0.3, -0.25) is 13.8 Å². The van der Waals surface area contributed by atoms with Gasteiger partial charge in [-0.25, -0.2) is 0 Å². The number of nitrogens with zero attached hydrogens (tertiary/aromatic N) is 2. The Bertz CT molecular complexity index is 264. The van der Waals surface area contributed by atoms with E-state index in [1.807, 2.05) is 6.92 Å². The molecular formula is C6H12N2O2S. The molecule has 1 aromatic heterocycles. The molecule has 5 heteroatoms. The molecule has 4 nitrogen and oxygen atoms in total. The zero-order chi connectivity index (χ0) is 8.65. The van der Waals surface area contributed by atoms with Crippen LogP contribution < -0.4 is 0 Å². The van der Waals surface area contributed by atoms with Crippen LogP contribution in [0.4, 0.5) is 0 Å². The van der Waals surface area contributed by atoms with Crippen LogP contribution in [0.1, 0.15) is 5.69 Å². The first kappa shape index (κ1) is 8.58. The quantitative estimate of drug-likeness (QED) is 0.681. The molecule has 0 atom stereocenters. The van der Waals surface area contributed by atoms with Crippen molar-refractivity contribution in [2.24, 2.45) is 7.05 Å². The summed E-state index contributed by atoms with van der Waals surface area (Å²) >= 11 is 0. The van der Waals surface area contributed by atoms with Gasteiger partial charge in [-0.05, 0) is 6.92 Å². The Morgan fingerprint density at radius 1 is 1.55 bits per heavy atom. The monoisotopic (exact) mass is 176 g/mol. The van der Waals surface area contributed by atoms with Crippen molar-refractivity contribution in [3.8, 4) is 0 Å². The highest BCUT2D eigenvalue weighted by Gasteiger charge is 2.13. The number of hydrogen-bond acceptors (Lipinski definition) is 3. The van der Waals surface area contributed by atoms with E-state index in [0.717, 1.165) is 5.69 Å². The van der Waals surface area contributed by atoms with E-state index in [0.29, 0.717) is 5.03 Å². The van der Waals surface area contributed by atoms with Gasteiger partial charge in [0.15, 0.2) is 0 Å². The van der Waals surface area contributed by atoms with Crippen molar-refractivity contribution in [2.75, 3.05) is 6.26 Å². The lowest BCUT2D eigenvalue weighted by Crippen LogP contribution is -2.02. The van der Waals surface area contributed by atoms with Crippen LogP contribution in [0.2, 0.25) is 0 Å². The molecule has 64 valence electrons.